The molecule has 1 aromatic carbocycles. The normalized spacial score (nSPS) is 10.3. The predicted octanol–water partition coefficient (Wildman–Crippen LogP) is 2.98. The molecule has 1 N–H and O–H groups in total. The first-order valence-electron chi connectivity index (χ1n) is 4.75. The Bertz CT molecular complexity index is 568. The van der Waals surface area contributed by atoms with Crippen LogP contribution in [-0.2, 0) is 0 Å². The number of aryl methyl sites for hydroxylation is 1. The van der Waals surface area contributed by atoms with E-state index < -0.39 is 17.5 Å². The minimum atomic E-state index is -0.688. The number of hydrogen-bond acceptors (Lipinski definition) is 3. The minimum Gasteiger partial charge on any atom is -0.318 e. The number of aromatic nitrogens is 1. The van der Waals surface area contributed by atoms with Gasteiger partial charge in [0.2, 0.25) is 0 Å². The van der Waals surface area contributed by atoms with E-state index in [-0.39, 0.29) is 11.4 Å². The number of rotatable bonds is 2. The quantitative estimate of drug-likeness (QED) is 0.895. The van der Waals surface area contributed by atoms with Gasteiger partial charge in [-0.05, 0) is 19.1 Å². The summed E-state index contributed by atoms with van der Waals surface area (Å²) in [5.74, 6) is -1.86. The largest absolute Gasteiger partial charge is 0.318 e. The molecule has 0 aliphatic heterocycles. The van der Waals surface area contributed by atoms with Crippen molar-refractivity contribution in [2.45, 2.75) is 6.92 Å². The standard InChI is InChI=1S/C11H8F2N2OS/c1-6-14-10(5-17-6)11(16)15-9-4-7(12)2-3-8(9)13/h2-5H,1H3,(H,15,16). The lowest BCUT2D eigenvalue weighted by Crippen LogP contribution is -2.13. The molecule has 0 atom stereocenters. The molecule has 0 aliphatic carbocycles. The lowest BCUT2D eigenvalue weighted by Gasteiger charge is -2.04. The number of thiazole rings is 1. The molecule has 0 radical (unpaired) electrons. The molecule has 6 heteroatoms. The molecule has 2 aromatic rings. The number of halogens is 2. The Morgan fingerprint density at radius 2 is 2.18 bits per heavy atom. The van der Waals surface area contributed by atoms with Crippen LogP contribution in [0.2, 0.25) is 0 Å². The number of benzene rings is 1. The van der Waals surface area contributed by atoms with Crippen LogP contribution >= 0.6 is 11.3 Å². The monoisotopic (exact) mass is 254 g/mol. The lowest BCUT2D eigenvalue weighted by molar-refractivity contribution is 0.102. The second-order valence-corrected chi connectivity index (χ2v) is 4.39. The molecule has 0 saturated carbocycles. The van der Waals surface area contributed by atoms with E-state index in [1.807, 2.05) is 0 Å². The number of nitrogens with zero attached hydrogens (tertiary/aromatic N) is 1. The van der Waals surface area contributed by atoms with E-state index in [9.17, 15) is 13.6 Å². The number of anilines is 1. The zero-order valence-electron chi connectivity index (χ0n) is 8.83. The van der Waals surface area contributed by atoms with Crippen LogP contribution < -0.4 is 5.32 Å². The van der Waals surface area contributed by atoms with Crippen LogP contribution in [0.5, 0.6) is 0 Å². The van der Waals surface area contributed by atoms with Gasteiger partial charge in [0.25, 0.3) is 5.91 Å². The van der Waals surface area contributed by atoms with Crippen molar-refractivity contribution in [1.29, 1.82) is 0 Å². The van der Waals surface area contributed by atoms with Crippen molar-refractivity contribution in [3.8, 4) is 0 Å². The molecular formula is C11H8F2N2OS. The van der Waals surface area contributed by atoms with Crippen LogP contribution in [0.3, 0.4) is 0 Å². The Kier molecular flexibility index (Phi) is 3.14. The highest BCUT2D eigenvalue weighted by Crippen LogP contribution is 2.17. The van der Waals surface area contributed by atoms with Gasteiger partial charge in [-0.2, -0.15) is 0 Å². The summed E-state index contributed by atoms with van der Waals surface area (Å²) >= 11 is 1.31. The van der Waals surface area contributed by atoms with E-state index in [1.165, 1.54) is 11.3 Å². The van der Waals surface area contributed by atoms with Gasteiger partial charge in [-0.25, -0.2) is 13.8 Å². The summed E-state index contributed by atoms with van der Waals surface area (Å²) in [6.07, 6.45) is 0. The van der Waals surface area contributed by atoms with Gasteiger partial charge in [-0.1, -0.05) is 0 Å². The van der Waals surface area contributed by atoms with Crippen LogP contribution in [-0.4, -0.2) is 10.9 Å². The van der Waals surface area contributed by atoms with Crippen molar-refractivity contribution in [3.05, 3.63) is 45.9 Å². The molecule has 1 aromatic heterocycles. The minimum absolute atomic E-state index is 0.191. The Morgan fingerprint density at radius 3 is 2.82 bits per heavy atom. The zero-order chi connectivity index (χ0) is 12.4. The van der Waals surface area contributed by atoms with E-state index in [1.54, 1.807) is 12.3 Å². The average molecular weight is 254 g/mol. The van der Waals surface area contributed by atoms with Crippen molar-refractivity contribution >= 4 is 22.9 Å². The van der Waals surface area contributed by atoms with Crippen molar-refractivity contribution in [2.75, 3.05) is 5.32 Å². The number of hydrogen-bond donors (Lipinski definition) is 1. The van der Waals surface area contributed by atoms with Gasteiger partial charge in [0, 0.05) is 11.4 Å². The highest BCUT2D eigenvalue weighted by Gasteiger charge is 2.12. The zero-order valence-corrected chi connectivity index (χ0v) is 9.65. The SMILES string of the molecule is Cc1nc(C(=O)Nc2cc(F)ccc2F)cs1. The Hall–Kier alpha value is -1.82. The molecule has 1 heterocycles. The van der Waals surface area contributed by atoms with Gasteiger partial charge in [-0.3, -0.25) is 4.79 Å². The maximum absolute atomic E-state index is 13.3. The van der Waals surface area contributed by atoms with E-state index in [2.05, 4.69) is 10.3 Å². The summed E-state index contributed by atoms with van der Waals surface area (Å²) < 4.78 is 26.1. The van der Waals surface area contributed by atoms with Crippen LogP contribution in [0.25, 0.3) is 0 Å². The maximum Gasteiger partial charge on any atom is 0.275 e. The summed E-state index contributed by atoms with van der Waals surface area (Å²) in [6, 6.07) is 2.86. The first-order valence-corrected chi connectivity index (χ1v) is 5.63. The molecule has 2 rings (SSSR count). The molecular weight excluding hydrogens is 246 g/mol. The summed E-state index contributed by atoms with van der Waals surface area (Å²) in [4.78, 5) is 15.6. The maximum atomic E-state index is 13.3. The van der Waals surface area contributed by atoms with E-state index in [4.69, 9.17) is 0 Å². The summed E-state index contributed by atoms with van der Waals surface area (Å²) in [7, 11) is 0. The summed E-state index contributed by atoms with van der Waals surface area (Å²) in [6.45, 7) is 1.75. The molecule has 0 saturated heterocycles. The highest BCUT2D eigenvalue weighted by molar-refractivity contribution is 7.09. The third kappa shape index (κ3) is 2.65. The number of amides is 1. The van der Waals surface area contributed by atoms with Crippen LogP contribution in [0, 0.1) is 18.6 Å². The van der Waals surface area contributed by atoms with E-state index >= 15 is 0 Å². The third-order valence-corrected chi connectivity index (χ3v) is 2.80. The first-order chi connectivity index (χ1) is 8.06. The molecule has 0 fully saturated rings. The highest BCUT2D eigenvalue weighted by atomic mass is 32.1. The van der Waals surface area contributed by atoms with Gasteiger partial charge in [0.05, 0.1) is 10.7 Å². The Labute approximate surface area is 100 Å². The first kappa shape index (κ1) is 11.7. The molecule has 0 unspecified atom stereocenters. The fourth-order valence-electron chi connectivity index (χ4n) is 1.25. The molecule has 3 nitrogen and oxygen atoms in total. The second kappa shape index (κ2) is 4.58. The van der Waals surface area contributed by atoms with Crippen molar-refractivity contribution in [2.24, 2.45) is 0 Å². The van der Waals surface area contributed by atoms with Crippen LogP contribution in [0.15, 0.2) is 23.6 Å². The summed E-state index contributed by atoms with van der Waals surface area (Å²) in [5.41, 5.74) is -0.00295. The Morgan fingerprint density at radius 1 is 1.41 bits per heavy atom. The van der Waals surface area contributed by atoms with E-state index in [0.717, 1.165) is 23.2 Å². The number of nitrogens with one attached hydrogen (secondary N) is 1. The van der Waals surface area contributed by atoms with E-state index in [0.29, 0.717) is 0 Å². The molecule has 88 valence electrons. The topological polar surface area (TPSA) is 42.0 Å². The second-order valence-electron chi connectivity index (χ2n) is 3.33. The van der Waals surface area contributed by atoms with Gasteiger partial charge in [0.1, 0.15) is 17.3 Å². The molecule has 17 heavy (non-hydrogen) atoms. The van der Waals surface area contributed by atoms with Crippen molar-refractivity contribution in [1.82, 2.24) is 4.98 Å². The number of carbonyl (C=O) groups excluding carboxylic acids is 1. The van der Waals surface area contributed by atoms with Gasteiger partial charge >= 0.3 is 0 Å². The van der Waals surface area contributed by atoms with Crippen molar-refractivity contribution in [3.63, 3.8) is 0 Å². The van der Waals surface area contributed by atoms with Gasteiger partial charge in [-0.15, -0.1) is 11.3 Å². The van der Waals surface area contributed by atoms with Crippen LogP contribution in [0.1, 0.15) is 15.5 Å². The lowest BCUT2D eigenvalue weighted by atomic mass is 10.3. The number of carbonyl (C=O) groups is 1. The average Bonchev–Trinajstić information content (AvgIpc) is 2.70. The molecule has 0 bridgehead atoms. The Balaban J connectivity index is 2.21. The summed E-state index contributed by atoms with van der Waals surface area (Å²) in [5, 5.41) is 4.56. The van der Waals surface area contributed by atoms with Crippen molar-refractivity contribution < 1.29 is 13.6 Å². The molecule has 1 amide bonds. The fourth-order valence-corrected chi connectivity index (χ4v) is 1.84. The molecule has 0 spiro atoms. The fraction of sp³-hybridized carbons (Fsp3) is 0.0909. The van der Waals surface area contributed by atoms with Gasteiger partial charge in [0.15, 0.2) is 0 Å². The third-order valence-electron chi connectivity index (χ3n) is 2.03. The van der Waals surface area contributed by atoms with Crippen LogP contribution in [0.4, 0.5) is 14.5 Å². The smallest absolute Gasteiger partial charge is 0.275 e. The van der Waals surface area contributed by atoms with Gasteiger partial charge < -0.3 is 5.32 Å². The molecule has 0 aliphatic rings. The predicted molar refractivity (Wildman–Crippen MR) is 61.2 cm³/mol.